The van der Waals surface area contributed by atoms with Gasteiger partial charge >= 0.3 is 0 Å². The van der Waals surface area contributed by atoms with Gasteiger partial charge in [0.05, 0.1) is 0 Å². The summed E-state index contributed by atoms with van der Waals surface area (Å²) in [6, 6.07) is 10.3. The first-order chi connectivity index (χ1) is 9.02. The van der Waals surface area contributed by atoms with Crippen molar-refractivity contribution < 1.29 is 4.79 Å². The molecular formula is C16H20N2O. The van der Waals surface area contributed by atoms with E-state index < -0.39 is 0 Å². The second-order valence-corrected chi connectivity index (χ2v) is 4.97. The summed E-state index contributed by atoms with van der Waals surface area (Å²) in [6.45, 7) is 4.91. The fourth-order valence-electron chi connectivity index (χ4n) is 2.08. The largest absolute Gasteiger partial charge is 0.343 e. The molecule has 19 heavy (non-hydrogen) atoms. The number of aromatic nitrogens is 1. The highest BCUT2D eigenvalue weighted by molar-refractivity contribution is 5.94. The maximum atomic E-state index is 12.1. The molecule has 3 heteroatoms. The summed E-state index contributed by atoms with van der Waals surface area (Å²) in [5, 5.41) is 0. The van der Waals surface area contributed by atoms with Crippen molar-refractivity contribution in [3.63, 3.8) is 0 Å². The highest BCUT2D eigenvalue weighted by Crippen LogP contribution is 2.23. The molecule has 2 aromatic rings. The van der Waals surface area contributed by atoms with E-state index in [-0.39, 0.29) is 5.91 Å². The molecule has 0 aliphatic carbocycles. The number of hydrogen-bond donors (Lipinski definition) is 0. The summed E-state index contributed by atoms with van der Waals surface area (Å²) >= 11 is 0. The number of aryl methyl sites for hydroxylation is 2. The van der Waals surface area contributed by atoms with E-state index in [9.17, 15) is 4.79 Å². The summed E-state index contributed by atoms with van der Waals surface area (Å²) in [6.07, 6.45) is 2.04. The average Bonchev–Trinajstić information content (AvgIpc) is 2.82. The molecule has 0 saturated heterocycles. The first-order valence-electron chi connectivity index (χ1n) is 6.51. The van der Waals surface area contributed by atoms with Gasteiger partial charge in [0.2, 0.25) is 0 Å². The minimum atomic E-state index is 0.0419. The molecule has 0 fully saturated rings. The molecule has 0 unspecified atom stereocenters. The van der Waals surface area contributed by atoms with Crippen LogP contribution in [0.4, 0.5) is 0 Å². The van der Waals surface area contributed by atoms with Crippen molar-refractivity contribution in [1.29, 1.82) is 0 Å². The average molecular weight is 256 g/mol. The van der Waals surface area contributed by atoms with Crippen LogP contribution < -0.4 is 0 Å². The zero-order valence-electron chi connectivity index (χ0n) is 12.0. The number of rotatable bonds is 3. The van der Waals surface area contributed by atoms with Crippen LogP contribution in [0.3, 0.4) is 0 Å². The first-order valence-corrected chi connectivity index (χ1v) is 6.51. The van der Waals surface area contributed by atoms with Crippen LogP contribution in [-0.4, -0.2) is 29.5 Å². The van der Waals surface area contributed by atoms with E-state index in [0.717, 1.165) is 23.4 Å². The highest BCUT2D eigenvalue weighted by Gasteiger charge is 2.15. The monoisotopic (exact) mass is 256 g/mol. The van der Waals surface area contributed by atoms with Crippen molar-refractivity contribution in [3.05, 3.63) is 47.8 Å². The fraction of sp³-hybridized carbons (Fsp3) is 0.312. The van der Waals surface area contributed by atoms with Gasteiger partial charge in [0, 0.05) is 32.4 Å². The molecule has 0 radical (unpaired) electrons. The lowest BCUT2D eigenvalue weighted by molar-refractivity contribution is 0.0817. The van der Waals surface area contributed by atoms with Crippen LogP contribution >= 0.6 is 0 Å². The third-order valence-electron chi connectivity index (χ3n) is 3.25. The molecule has 0 spiro atoms. The Balaban J connectivity index is 2.44. The predicted octanol–water partition coefficient (Wildman–Crippen LogP) is 3.19. The third-order valence-corrected chi connectivity index (χ3v) is 3.25. The summed E-state index contributed by atoms with van der Waals surface area (Å²) in [5.41, 5.74) is 4.21. The molecule has 0 aliphatic heterocycles. The van der Waals surface area contributed by atoms with Gasteiger partial charge in [0.25, 0.3) is 5.91 Å². The van der Waals surface area contributed by atoms with Gasteiger partial charge in [0.1, 0.15) is 5.69 Å². The van der Waals surface area contributed by atoms with Crippen molar-refractivity contribution in [2.24, 2.45) is 0 Å². The third kappa shape index (κ3) is 2.70. The lowest BCUT2D eigenvalue weighted by Crippen LogP contribution is -2.24. The van der Waals surface area contributed by atoms with Crippen molar-refractivity contribution in [2.75, 3.05) is 14.1 Å². The van der Waals surface area contributed by atoms with Crippen LogP contribution in [0.2, 0.25) is 0 Å². The highest BCUT2D eigenvalue weighted by atomic mass is 16.2. The zero-order valence-corrected chi connectivity index (χ0v) is 12.0. The van der Waals surface area contributed by atoms with E-state index in [2.05, 4.69) is 31.2 Å². The Labute approximate surface area is 114 Å². The van der Waals surface area contributed by atoms with Crippen molar-refractivity contribution in [1.82, 2.24) is 9.47 Å². The van der Waals surface area contributed by atoms with Crippen LogP contribution in [0.1, 0.15) is 23.0 Å². The van der Waals surface area contributed by atoms with Gasteiger partial charge < -0.3 is 9.47 Å². The lowest BCUT2D eigenvalue weighted by Gasteiger charge is -2.11. The Hall–Kier alpha value is -2.03. The molecule has 2 rings (SSSR count). The molecule has 1 aromatic carbocycles. The number of benzene rings is 1. The topological polar surface area (TPSA) is 25.2 Å². The van der Waals surface area contributed by atoms with E-state index >= 15 is 0 Å². The Bertz CT molecular complexity index is 579. The van der Waals surface area contributed by atoms with Crippen molar-refractivity contribution >= 4 is 5.91 Å². The summed E-state index contributed by atoms with van der Waals surface area (Å²) in [7, 11) is 3.56. The molecule has 0 saturated carbocycles. The predicted molar refractivity (Wildman–Crippen MR) is 78.3 cm³/mol. The second-order valence-electron chi connectivity index (χ2n) is 4.97. The molecule has 1 aromatic heterocycles. The Morgan fingerprint density at radius 1 is 1.16 bits per heavy atom. The van der Waals surface area contributed by atoms with Gasteiger partial charge in [0.15, 0.2) is 0 Å². The van der Waals surface area contributed by atoms with Gasteiger partial charge in [-0.2, -0.15) is 0 Å². The molecule has 1 heterocycles. The molecule has 0 atom stereocenters. The minimum absolute atomic E-state index is 0.0419. The van der Waals surface area contributed by atoms with Crippen LogP contribution in [0.25, 0.3) is 11.1 Å². The summed E-state index contributed by atoms with van der Waals surface area (Å²) < 4.78 is 2.00. The lowest BCUT2D eigenvalue weighted by atomic mass is 10.1. The van der Waals surface area contributed by atoms with E-state index in [0.29, 0.717) is 0 Å². The second kappa shape index (κ2) is 5.31. The van der Waals surface area contributed by atoms with Gasteiger partial charge in [-0.25, -0.2) is 0 Å². The Morgan fingerprint density at radius 2 is 1.79 bits per heavy atom. The van der Waals surface area contributed by atoms with Gasteiger partial charge in [-0.05, 0) is 25.5 Å². The standard InChI is InChI=1S/C16H20N2O/c1-5-18-11-14(10-15(18)16(19)17(3)4)13-8-6-12(2)7-9-13/h6-11H,5H2,1-4H3. The number of hydrogen-bond acceptors (Lipinski definition) is 1. The van der Waals surface area contributed by atoms with Gasteiger partial charge in [-0.3, -0.25) is 4.79 Å². The van der Waals surface area contributed by atoms with Gasteiger partial charge in [-0.15, -0.1) is 0 Å². The van der Waals surface area contributed by atoms with E-state index in [1.165, 1.54) is 5.56 Å². The SMILES string of the molecule is CCn1cc(-c2ccc(C)cc2)cc1C(=O)N(C)C. The van der Waals surface area contributed by atoms with Crippen molar-refractivity contribution in [2.45, 2.75) is 20.4 Å². The molecular weight excluding hydrogens is 236 g/mol. The maximum absolute atomic E-state index is 12.1. The molecule has 0 aliphatic rings. The van der Waals surface area contributed by atoms with Crippen LogP contribution in [-0.2, 0) is 6.54 Å². The van der Waals surface area contributed by atoms with Crippen LogP contribution in [0.5, 0.6) is 0 Å². The van der Waals surface area contributed by atoms with Gasteiger partial charge in [-0.1, -0.05) is 29.8 Å². The van der Waals surface area contributed by atoms with E-state index in [1.807, 2.05) is 23.8 Å². The van der Waals surface area contributed by atoms with E-state index in [4.69, 9.17) is 0 Å². The molecule has 100 valence electrons. The quantitative estimate of drug-likeness (QED) is 0.828. The molecule has 0 N–H and O–H groups in total. The maximum Gasteiger partial charge on any atom is 0.269 e. The summed E-state index contributed by atoms with van der Waals surface area (Å²) in [4.78, 5) is 13.7. The minimum Gasteiger partial charge on any atom is -0.343 e. The Kier molecular flexibility index (Phi) is 3.74. The molecule has 3 nitrogen and oxygen atoms in total. The number of nitrogens with zero attached hydrogens (tertiary/aromatic N) is 2. The number of carbonyl (C=O) groups excluding carboxylic acids is 1. The number of amides is 1. The fourth-order valence-corrected chi connectivity index (χ4v) is 2.08. The smallest absolute Gasteiger partial charge is 0.269 e. The normalized spacial score (nSPS) is 10.5. The van der Waals surface area contributed by atoms with E-state index in [1.54, 1.807) is 19.0 Å². The number of carbonyl (C=O) groups is 1. The van der Waals surface area contributed by atoms with Crippen LogP contribution in [0.15, 0.2) is 36.5 Å². The van der Waals surface area contributed by atoms with Crippen molar-refractivity contribution in [3.8, 4) is 11.1 Å². The molecule has 0 bridgehead atoms. The Morgan fingerprint density at radius 3 is 2.32 bits per heavy atom. The molecule has 1 amide bonds. The first kappa shape index (κ1) is 13.4. The summed E-state index contributed by atoms with van der Waals surface area (Å²) in [5.74, 6) is 0.0419. The zero-order chi connectivity index (χ0) is 14.0. The van der Waals surface area contributed by atoms with Crippen LogP contribution in [0, 0.1) is 6.92 Å².